The van der Waals surface area contributed by atoms with E-state index in [-0.39, 0.29) is 19.4 Å². The first-order chi connectivity index (χ1) is 9.86. The molecule has 4 N–H and O–H groups in total. The van der Waals surface area contributed by atoms with Crippen LogP contribution in [0.15, 0.2) is 16.4 Å². The minimum Gasteiger partial charge on any atom is -0.493 e. The highest BCUT2D eigenvalue weighted by molar-refractivity contribution is 6.01. The Bertz CT molecular complexity index is 473. The van der Waals surface area contributed by atoms with E-state index >= 15 is 0 Å². The normalized spacial score (nSPS) is 25.6. The molecule has 0 aromatic rings. The van der Waals surface area contributed by atoms with Crippen molar-refractivity contribution in [3.63, 3.8) is 0 Å². The van der Waals surface area contributed by atoms with E-state index in [1.165, 1.54) is 14.0 Å². The first-order valence-corrected chi connectivity index (χ1v) is 6.44. The van der Waals surface area contributed by atoms with Gasteiger partial charge in [-0.2, -0.15) is 0 Å². The summed E-state index contributed by atoms with van der Waals surface area (Å²) >= 11 is 0. The molecule has 1 aliphatic carbocycles. The fourth-order valence-corrected chi connectivity index (χ4v) is 2.11. The molecule has 118 valence electrons. The molecule has 0 radical (unpaired) electrons. The molecular weight excluding hydrogens is 280 g/mol. The number of hydrogen-bond donors (Lipinski definition) is 4. The van der Waals surface area contributed by atoms with Gasteiger partial charge in [0, 0.05) is 12.8 Å². The highest BCUT2D eigenvalue weighted by atomic mass is 16.5. The maximum atomic E-state index is 10.9. The van der Waals surface area contributed by atoms with E-state index in [1.807, 2.05) is 0 Å². The third kappa shape index (κ3) is 4.27. The molecule has 0 saturated carbocycles. The number of rotatable bonds is 7. The number of carboxylic acids is 1. The van der Waals surface area contributed by atoms with Crippen LogP contribution in [0.5, 0.6) is 0 Å². The molecule has 0 spiro atoms. The SMILES string of the molecule is COC1=C(NC(C)C(=O)O)CC(O)(CO)CC1=NCC=O. The highest BCUT2D eigenvalue weighted by Crippen LogP contribution is 2.30. The fraction of sp³-hybridized carbons (Fsp3) is 0.615. The summed E-state index contributed by atoms with van der Waals surface area (Å²) in [5.74, 6) is -0.773. The molecule has 2 atom stereocenters. The number of carbonyl (C=O) groups excluding carboxylic acids is 1. The summed E-state index contributed by atoms with van der Waals surface area (Å²) in [6, 6.07) is -0.904. The summed E-state index contributed by atoms with van der Waals surface area (Å²) in [5, 5.41) is 31.3. The van der Waals surface area contributed by atoms with Crippen molar-refractivity contribution in [2.45, 2.75) is 31.4 Å². The van der Waals surface area contributed by atoms with Gasteiger partial charge >= 0.3 is 5.97 Å². The number of hydrogen-bond acceptors (Lipinski definition) is 7. The van der Waals surface area contributed by atoms with Crippen molar-refractivity contribution in [1.82, 2.24) is 5.32 Å². The Balaban J connectivity index is 3.19. The number of aliphatic hydroxyl groups is 2. The van der Waals surface area contributed by atoms with E-state index in [9.17, 15) is 19.8 Å². The lowest BCUT2D eigenvalue weighted by Crippen LogP contribution is -2.45. The molecule has 8 heteroatoms. The maximum absolute atomic E-state index is 10.9. The topological polar surface area (TPSA) is 128 Å². The van der Waals surface area contributed by atoms with Gasteiger partial charge in [-0.25, -0.2) is 0 Å². The quantitative estimate of drug-likeness (QED) is 0.447. The van der Waals surface area contributed by atoms with Crippen LogP contribution in [0, 0.1) is 0 Å². The Labute approximate surface area is 122 Å². The number of aldehydes is 1. The van der Waals surface area contributed by atoms with Crippen molar-refractivity contribution in [2.75, 3.05) is 20.3 Å². The Morgan fingerprint density at radius 2 is 2.24 bits per heavy atom. The standard InChI is InChI=1S/C13H20N2O6/c1-8(12(18)19)15-10-6-13(20,7-17)5-9(11(10)21-2)14-3-4-16/h4,8,15,17,20H,3,5-7H2,1-2H3,(H,18,19). The summed E-state index contributed by atoms with van der Waals surface area (Å²) in [4.78, 5) is 25.4. The van der Waals surface area contributed by atoms with E-state index in [1.54, 1.807) is 0 Å². The number of carboxylic acid groups (broad SMARTS) is 1. The Kier molecular flexibility index (Phi) is 5.86. The first-order valence-electron chi connectivity index (χ1n) is 6.44. The lowest BCUT2D eigenvalue weighted by atomic mass is 9.85. The lowest BCUT2D eigenvalue weighted by Gasteiger charge is -2.34. The second kappa shape index (κ2) is 7.19. The maximum Gasteiger partial charge on any atom is 0.325 e. The predicted octanol–water partition coefficient (Wildman–Crippen LogP) is -0.936. The smallest absolute Gasteiger partial charge is 0.325 e. The second-order valence-electron chi connectivity index (χ2n) is 4.91. The fourth-order valence-electron chi connectivity index (χ4n) is 2.11. The zero-order chi connectivity index (χ0) is 16.0. The van der Waals surface area contributed by atoms with Gasteiger partial charge in [0.15, 0.2) is 5.76 Å². The number of aliphatic hydroxyl groups excluding tert-OH is 1. The molecule has 0 saturated heterocycles. The lowest BCUT2D eigenvalue weighted by molar-refractivity contribution is -0.138. The third-order valence-corrected chi connectivity index (χ3v) is 3.15. The number of carbonyl (C=O) groups is 2. The molecule has 0 aromatic carbocycles. The number of methoxy groups -OCH3 is 1. The van der Waals surface area contributed by atoms with Crippen LogP contribution in [0.4, 0.5) is 0 Å². The summed E-state index contributed by atoms with van der Waals surface area (Å²) in [7, 11) is 1.39. The molecular formula is C13H20N2O6. The molecule has 0 aromatic heterocycles. The van der Waals surface area contributed by atoms with Crippen molar-refractivity contribution in [3.05, 3.63) is 11.5 Å². The average molecular weight is 300 g/mol. The second-order valence-corrected chi connectivity index (χ2v) is 4.91. The average Bonchev–Trinajstić information content (AvgIpc) is 2.44. The molecule has 1 rings (SSSR count). The van der Waals surface area contributed by atoms with Gasteiger partial charge in [0.2, 0.25) is 0 Å². The zero-order valence-corrected chi connectivity index (χ0v) is 12.0. The van der Waals surface area contributed by atoms with Crippen LogP contribution in [-0.2, 0) is 14.3 Å². The van der Waals surface area contributed by atoms with E-state index in [4.69, 9.17) is 9.84 Å². The van der Waals surface area contributed by atoms with Crippen LogP contribution in [-0.4, -0.2) is 65.2 Å². The predicted molar refractivity (Wildman–Crippen MR) is 73.9 cm³/mol. The zero-order valence-electron chi connectivity index (χ0n) is 12.0. The summed E-state index contributed by atoms with van der Waals surface area (Å²) in [5.41, 5.74) is -0.822. The number of nitrogens with zero attached hydrogens (tertiary/aromatic N) is 1. The summed E-state index contributed by atoms with van der Waals surface area (Å²) in [6.07, 6.45) is 0.622. The number of aliphatic carboxylic acids is 1. The largest absolute Gasteiger partial charge is 0.493 e. The summed E-state index contributed by atoms with van der Waals surface area (Å²) in [6.45, 7) is 0.819. The van der Waals surface area contributed by atoms with Crippen molar-refractivity contribution >= 4 is 18.0 Å². The molecule has 0 fully saturated rings. The van der Waals surface area contributed by atoms with Crippen LogP contribution in [0.1, 0.15) is 19.8 Å². The van der Waals surface area contributed by atoms with E-state index in [0.29, 0.717) is 23.5 Å². The van der Waals surface area contributed by atoms with Gasteiger partial charge in [0.1, 0.15) is 12.3 Å². The van der Waals surface area contributed by atoms with Crippen LogP contribution in [0.2, 0.25) is 0 Å². The Morgan fingerprint density at radius 3 is 2.71 bits per heavy atom. The molecule has 0 amide bonds. The number of aliphatic imine (C=N–C) groups is 1. The number of allylic oxidation sites excluding steroid dienone is 1. The number of ether oxygens (including phenoxy) is 1. The first kappa shape index (κ1) is 17.1. The summed E-state index contributed by atoms with van der Waals surface area (Å²) < 4.78 is 5.22. The molecule has 1 aliphatic rings. The van der Waals surface area contributed by atoms with Gasteiger partial charge in [0.25, 0.3) is 0 Å². The van der Waals surface area contributed by atoms with Crippen LogP contribution in [0.3, 0.4) is 0 Å². The van der Waals surface area contributed by atoms with Crippen molar-refractivity contribution in [2.24, 2.45) is 4.99 Å². The minimum absolute atomic E-state index is 0.00437. The third-order valence-electron chi connectivity index (χ3n) is 3.15. The minimum atomic E-state index is -1.47. The molecule has 0 heterocycles. The monoisotopic (exact) mass is 300 g/mol. The van der Waals surface area contributed by atoms with Gasteiger partial charge in [-0.3, -0.25) is 9.79 Å². The van der Waals surface area contributed by atoms with Gasteiger partial charge in [-0.05, 0) is 6.92 Å². The van der Waals surface area contributed by atoms with E-state index < -0.39 is 24.2 Å². The Hall–Kier alpha value is -1.93. The van der Waals surface area contributed by atoms with Crippen molar-refractivity contribution < 1.29 is 29.6 Å². The molecule has 8 nitrogen and oxygen atoms in total. The molecule has 2 unspecified atom stereocenters. The van der Waals surface area contributed by atoms with Crippen LogP contribution >= 0.6 is 0 Å². The van der Waals surface area contributed by atoms with Crippen LogP contribution in [0.25, 0.3) is 0 Å². The van der Waals surface area contributed by atoms with Gasteiger partial charge < -0.3 is 30.2 Å². The molecule has 0 aliphatic heterocycles. The van der Waals surface area contributed by atoms with Crippen LogP contribution < -0.4 is 5.32 Å². The molecule has 0 bridgehead atoms. The van der Waals surface area contributed by atoms with Crippen molar-refractivity contribution in [3.8, 4) is 0 Å². The van der Waals surface area contributed by atoms with E-state index in [2.05, 4.69) is 10.3 Å². The Morgan fingerprint density at radius 1 is 1.57 bits per heavy atom. The van der Waals surface area contributed by atoms with E-state index in [0.717, 1.165) is 0 Å². The van der Waals surface area contributed by atoms with Gasteiger partial charge in [-0.1, -0.05) is 0 Å². The number of nitrogens with one attached hydrogen (secondary N) is 1. The van der Waals surface area contributed by atoms with Gasteiger partial charge in [0.05, 0.1) is 37.3 Å². The van der Waals surface area contributed by atoms with Gasteiger partial charge in [-0.15, -0.1) is 0 Å². The van der Waals surface area contributed by atoms with Crippen molar-refractivity contribution in [1.29, 1.82) is 0 Å². The molecule has 21 heavy (non-hydrogen) atoms. The highest BCUT2D eigenvalue weighted by Gasteiger charge is 2.38.